The number of anilines is 1. The van der Waals surface area contributed by atoms with Crippen LogP contribution in [-0.2, 0) is 14.4 Å². The number of carbonyl (C=O) groups excluding carboxylic acids is 5. The lowest BCUT2D eigenvalue weighted by Crippen LogP contribution is -2.63. The van der Waals surface area contributed by atoms with Gasteiger partial charge in [-0.15, -0.1) is 0 Å². The quantitative estimate of drug-likeness (QED) is 0.154. The standard InChI is InChI=1S/C43H48ClN9O6/c44-35-20-32(7-1-26(35)21-45)59-31-8-2-27(3-9-31)48-40(55)36(46)11-13-38(47)50-17-15-25(16-18-50)22-51-23-30-5-4-29(51)24-52(30)28-6-10-33-34(19-28)43(58)53(42(33)57)37-12-14-39(54)49-41(37)56/h1,6-7,10-11,13,19-20,25,27,29-31,37,46-47H,2-5,8-9,12,14-18,22-24H2,(H,48,55)(H,49,54,56)/b13-11-,46-36?,47-38?. The van der Waals surface area contributed by atoms with E-state index in [0.717, 1.165) is 81.8 Å². The van der Waals surface area contributed by atoms with Gasteiger partial charge in [-0.25, -0.2) is 0 Å². The van der Waals surface area contributed by atoms with E-state index in [4.69, 9.17) is 32.4 Å². The molecule has 308 valence electrons. The zero-order chi connectivity index (χ0) is 41.4. The first-order chi connectivity index (χ1) is 28.4. The van der Waals surface area contributed by atoms with Gasteiger partial charge in [-0.05, 0) is 106 Å². The van der Waals surface area contributed by atoms with Gasteiger partial charge < -0.3 is 19.9 Å². The number of imide groups is 2. The summed E-state index contributed by atoms with van der Waals surface area (Å²) < 4.78 is 6.05. The number of nitrogens with one attached hydrogen (secondary N) is 4. The zero-order valence-corrected chi connectivity index (χ0v) is 33.5. The van der Waals surface area contributed by atoms with E-state index in [-0.39, 0.29) is 42.3 Å². The number of piperidine rings is 4. The molecule has 0 aromatic heterocycles. The number of rotatable bonds is 10. The Hall–Kier alpha value is -5.59. The maximum atomic E-state index is 13.5. The Morgan fingerprint density at radius 3 is 2.34 bits per heavy atom. The van der Waals surface area contributed by atoms with Gasteiger partial charge in [-0.3, -0.25) is 49.9 Å². The molecule has 5 amide bonds. The van der Waals surface area contributed by atoms with Gasteiger partial charge in [0.2, 0.25) is 11.8 Å². The SMILES string of the molecule is N#Cc1ccc(OC2CCC(NC(=O)C(=N)/C=C\C(=N)N3CCC(CN4CC5CCC4CN5c4ccc5c(c4)C(=O)N(C4CCC(=O)NC4=O)C5=O)CC3)CC2)cc1Cl. The smallest absolute Gasteiger partial charge is 0.269 e. The van der Waals surface area contributed by atoms with E-state index in [1.165, 1.54) is 6.08 Å². The highest BCUT2D eigenvalue weighted by Crippen LogP contribution is 2.37. The van der Waals surface area contributed by atoms with E-state index in [0.29, 0.717) is 52.5 Å². The van der Waals surface area contributed by atoms with Crippen LogP contribution in [-0.4, -0.2) is 119 Å². The molecule has 2 aromatic carbocycles. The van der Waals surface area contributed by atoms with Crippen LogP contribution in [0.1, 0.15) is 90.5 Å². The minimum Gasteiger partial charge on any atom is -0.490 e. The maximum Gasteiger partial charge on any atom is 0.269 e. The van der Waals surface area contributed by atoms with Crippen LogP contribution in [0.25, 0.3) is 0 Å². The second kappa shape index (κ2) is 16.9. The topological polar surface area (TPSA) is 203 Å². The Bertz CT molecular complexity index is 2150. The zero-order valence-electron chi connectivity index (χ0n) is 32.8. The van der Waals surface area contributed by atoms with Crippen LogP contribution in [0.4, 0.5) is 5.69 Å². The summed E-state index contributed by atoms with van der Waals surface area (Å²) in [4.78, 5) is 71.6. The number of nitrogens with zero attached hydrogens (tertiary/aromatic N) is 5. The van der Waals surface area contributed by atoms with Crippen molar-refractivity contribution in [3.8, 4) is 11.8 Å². The number of nitriles is 1. The summed E-state index contributed by atoms with van der Waals surface area (Å²) in [5.74, 6) is -1.06. The van der Waals surface area contributed by atoms with E-state index in [2.05, 4.69) is 20.4 Å². The van der Waals surface area contributed by atoms with Gasteiger partial charge in [0.1, 0.15) is 29.4 Å². The fraction of sp³-hybridized carbons (Fsp3) is 0.488. The van der Waals surface area contributed by atoms with Gasteiger partial charge in [0.25, 0.3) is 17.7 Å². The molecule has 6 aliphatic heterocycles. The molecule has 3 atom stereocenters. The van der Waals surface area contributed by atoms with Crippen LogP contribution in [0.15, 0.2) is 48.6 Å². The second-order valence-corrected chi connectivity index (χ2v) is 17.0. The number of ether oxygens (including phenoxy) is 1. The molecule has 0 radical (unpaired) electrons. The highest BCUT2D eigenvalue weighted by molar-refractivity contribution is 6.42. The number of amides is 5. The predicted octanol–water partition coefficient (Wildman–Crippen LogP) is 4.04. The first-order valence-electron chi connectivity index (χ1n) is 20.6. The van der Waals surface area contributed by atoms with Gasteiger partial charge in [-0.2, -0.15) is 5.26 Å². The summed E-state index contributed by atoms with van der Waals surface area (Å²) in [7, 11) is 0. The van der Waals surface area contributed by atoms with Gasteiger partial charge in [0.05, 0.1) is 27.8 Å². The van der Waals surface area contributed by atoms with Crippen LogP contribution in [0.5, 0.6) is 5.75 Å². The molecule has 3 unspecified atom stereocenters. The van der Waals surface area contributed by atoms with Gasteiger partial charge in [-0.1, -0.05) is 11.6 Å². The number of amidine groups is 1. The number of halogens is 1. The summed E-state index contributed by atoms with van der Waals surface area (Å²) in [5, 5.41) is 31.6. The Kier molecular flexibility index (Phi) is 11.5. The number of hydrogen-bond acceptors (Lipinski definition) is 11. The molecule has 15 nitrogen and oxygen atoms in total. The van der Waals surface area contributed by atoms with Crippen LogP contribution >= 0.6 is 11.6 Å². The van der Waals surface area contributed by atoms with Crippen molar-refractivity contribution in [2.45, 2.75) is 94.5 Å². The van der Waals surface area contributed by atoms with Crippen LogP contribution in [0.2, 0.25) is 5.02 Å². The molecule has 2 aromatic rings. The number of piperazine rings is 1. The minimum atomic E-state index is -0.987. The molecule has 2 bridgehead atoms. The molecular formula is C43H48ClN9O6. The average Bonchev–Trinajstić information content (AvgIpc) is 3.48. The van der Waals surface area contributed by atoms with Crippen molar-refractivity contribution in [3.05, 3.63) is 70.3 Å². The van der Waals surface area contributed by atoms with Crippen molar-refractivity contribution < 1.29 is 28.7 Å². The number of likely N-dealkylation sites (tertiary alicyclic amines) is 1. The molecule has 59 heavy (non-hydrogen) atoms. The van der Waals surface area contributed by atoms with Gasteiger partial charge >= 0.3 is 0 Å². The Balaban J connectivity index is 0.762. The van der Waals surface area contributed by atoms with E-state index in [1.807, 2.05) is 17.0 Å². The minimum absolute atomic E-state index is 0.0226. The predicted molar refractivity (Wildman–Crippen MR) is 219 cm³/mol. The van der Waals surface area contributed by atoms with E-state index in [1.54, 1.807) is 36.4 Å². The fourth-order valence-corrected chi connectivity index (χ4v) is 9.78. The maximum absolute atomic E-state index is 13.5. The molecule has 4 N–H and O–H groups in total. The van der Waals surface area contributed by atoms with Gasteiger partial charge in [0, 0.05) is 69.0 Å². The number of benzene rings is 2. The third-order valence-corrected chi connectivity index (χ3v) is 13.2. The largest absolute Gasteiger partial charge is 0.490 e. The van der Waals surface area contributed by atoms with Crippen LogP contribution < -0.4 is 20.3 Å². The van der Waals surface area contributed by atoms with Gasteiger partial charge in [0.15, 0.2) is 0 Å². The first kappa shape index (κ1) is 40.2. The van der Waals surface area contributed by atoms with Crippen molar-refractivity contribution in [2.75, 3.05) is 37.6 Å². The van der Waals surface area contributed by atoms with Crippen molar-refractivity contribution in [1.29, 1.82) is 16.1 Å². The fourth-order valence-electron chi connectivity index (χ4n) is 9.57. The molecule has 6 fully saturated rings. The molecule has 7 aliphatic rings. The summed E-state index contributed by atoms with van der Waals surface area (Å²) in [6, 6.07) is 12.0. The van der Waals surface area contributed by atoms with Crippen molar-refractivity contribution in [2.24, 2.45) is 5.92 Å². The molecule has 0 spiro atoms. The normalized spacial score (nSPS) is 26.2. The third kappa shape index (κ3) is 8.47. The summed E-state index contributed by atoms with van der Waals surface area (Å²) in [6.07, 6.45) is 10.1. The molecule has 1 aliphatic carbocycles. The molecule has 1 saturated carbocycles. The Morgan fingerprint density at radius 1 is 0.898 bits per heavy atom. The molecule has 16 heteroatoms. The first-order valence-corrected chi connectivity index (χ1v) is 21.0. The van der Waals surface area contributed by atoms with E-state index < -0.39 is 35.6 Å². The van der Waals surface area contributed by atoms with Crippen molar-refractivity contribution in [3.63, 3.8) is 0 Å². The number of carbonyl (C=O) groups is 5. The lowest BCUT2D eigenvalue weighted by Gasteiger charge is -2.53. The van der Waals surface area contributed by atoms with Crippen LogP contribution in [0, 0.1) is 28.1 Å². The summed E-state index contributed by atoms with van der Waals surface area (Å²) in [6.45, 7) is 4.18. The summed E-state index contributed by atoms with van der Waals surface area (Å²) in [5.41, 5.74) is 1.71. The monoisotopic (exact) mass is 821 g/mol. The average molecular weight is 822 g/mol. The molecule has 6 heterocycles. The van der Waals surface area contributed by atoms with Crippen molar-refractivity contribution >= 4 is 58.4 Å². The molecule has 5 saturated heterocycles. The Morgan fingerprint density at radius 2 is 1.64 bits per heavy atom. The highest BCUT2D eigenvalue weighted by atomic mass is 35.5. The van der Waals surface area contributed by atoms with E-state index in [9.17, 15) is 24.0 Å². The lowest BCUT2D eigenvalue weighted by molar-refractivity contribution is -0.136. The third-order valence-electron chi connectivity index (χ3n) is 12.9. The molecular weight excluding hydrogens is 774 g/mol. The highest BCUT2D eigenvalue weighted by Gasteiger charge is 2.46. The number of fused-ring (bicyclic) bond motifs is 4. The number of hydrogen-bond donors (Lipinski definition) is 4. The van der Waals surface area contributed by atoms with E-state index >= 15 is 0 Å². The summed E-state index contributed by atoms with van der Waals surface area (Å²) >= 11 is 6.13. The van der Waals surface area contributed by atoms with Crippen molar-refractivity contribution in [1.82, 2.24) is 25.3 Å². The Labute approximate surface area is 347 Å². The lowest BCUT2D eigenvalue weighted by atomic mass is 9.87. The van der Waals surface area contributed by atoms with Crippen LogP contribution in [0.3, 0.4) is 0 Å². The molecule has 9 rings (SSSR count). The second-order valence-electron chi connectivity index (χ2n) is 16.5.